The molecular formula is C26H34BrFN4O4S. The van der Waals surface area contributed by atoms with Crippen LogP contribution < -0.4 is 9.62 Å². The first-order valence-corrected chi connectivity index (χ1v) is 14.5. The van der Waals surface area contributed by atoms with E-state index in [0.29, 0.717) is 0 Å². The molecule has 0 unspecified atom stereocenters. The zero-order valence-electron chi connectivity index (χ0n) is 21.4. The third kappa shape index (κ3) is 7.52. The van der Waals surface area contributed by atoms with E-state index in [1.54, 1.807) is 6.92 Å². The second kappa shape index (κ2) is 12.8. The maximum atomic E-state index is 14.7. The SMILES string of the molecule is C[C@H](C(=O)NC1CCCCC1)N(Cc1ccc(Br)cc1)C(=O)CN(c1ccccc1F)S(=O)(=O)N(C)C. The van der Waals surface area contributed by atoms with E-state index in [-0.39, 0.29) is 24.2 Å². The van der Waals surface area contributed by atoms with Gasteiger partial charge in [0.1, 0.15) is 18.4 Å². The van der Waals surface area contributed by atoms with E-state index >= 15 is 0 Å². The number of amides is 2. The van der Waals surface area contributed by atoms with Crippen LogP contribution in [0.5, 0.6) is 0 Å². The molecular weight excluding hydrogens is 563 g/mol. The van der Waals surface area contributed by atoms with Crippen molar-refractivity contribution in [1.82, 2.24) is 14.5 Å². The van der Waals surface area contributed by atoms with Gasteiger partial charge in [0.25, 0.3) is 0 Å². The molecule has 3 rings (SSSR count). The Bertz CT molecular complexity index is 1190. The van der Waals surface area contributed by atoms with Crippen LogP contribution in [0.3, 0.4) is 0 Å². The van der Waals surface area contributed by atoms with Gasteiger partial charge in [0.15, 0.2) is 0 Å². The fraction of sp³-hybridized carbons (Fsp3) is 0.462. The number of carbonyl (C=O) groups is 2. The molecule has 0 heterocycles. The minimum Gasteiger partial charge on any atom is -0.352 e. The Labute approximate surface area is 227 Å². The number of para-hydroxylation sites is 1. The van der Waals surface area contributed by atoms with Crippen LogP contribution in [0.2, 0.25) is 0 Å². The van der Waals surface area contributed by atoms with Crippen molar-refractivity contribution in [2.45, 2.75) is 57.7 Å². The van der Waals surface area contributed by atoms with Crippen LogP contribution >= 0.6 is 15.9 Å². The summed E-state index contributed by atoms with van der Waals surface area (Å²) in [5, 5.41) is 3.05. The maximum absolute atomic E-state index is 14.7. The number of anilines is 1. The van der Waals surface area contributed by atoms with Crippen LogP contribution in [-0.4, -0.2) is 62.2 Å². The van der Waals surface area contributed by atoms with Crippen LogP contribution in [0.4, 0.5) is 10.1 Å². The Morgan fingerprint density at radius 3 is 2.27 bits per heavy atom. The van der Waals surface area contributed by atoms with Crippen LogP contribution in [0.15, 0.2) is 53.0 Å². The van der Waals surface area contributed by atoms with Crippen molar-refractivity contribution in [3.63, 3.8) is 0 Å². The third-order valence-corrected chi connectivity index (χ3v) is 8.86. The highest BCUT2D eigenvalue weighted by Gasteiger charge is 2.34. The second-order valence-electron chi connectivity index (χ2n) is 9.42. The molecule has 1 saturated carbocycles. The molecule has 2 aromatic rings. The predicted octanol–water partition coefficient (Wildman–Crippen LogP) is 4.07. The van der Waals surface area contributed by atoms with Gasteiger partial charge in [-0.15, -0.1) is 0 Å². The molecule has 0 aliphatic heterocycles. The smallest absolute Gasteiger partial charge is 0.304 e. The van der Waals surface area contributed by atoms with E-state index in [0.717, 1.165) is 56.8 Å². The number of hydrogen-bond donors (Lipinski definition) is 1. The van der Waals surface area contributed by atoms with Gasteiger partial charge in [-0.25, -0.2) is 8.70 Å². The van der Waals surface area contributed by atoms with Gasteiger partial charge in [0.2, 0.25) is 11.8 Å². The van der Waals surface area contributed by atoms with Crippen molar-refractivity contribution >= 4 is 43.6 Å². The summed E-state index contributed by atoms with van der Waals surface area (Å²) in [5.41, 5.74) is 0.522. The molecule has 0 spiro atoms. The largest absolute Gasteiger partial charge is 0.352 e. The molecule has 202 valence electrons. The minimum atomic E-state index is -4.22. The van der Waals surface area contributed by atoms with Gasteiger partial charge in [0, 0.05) is 31.2 Å². The van der Waals surface area contributed by atoms with Crippen LogP contribution in [0.1, 0.15) is 44.6 Å². The first kappa shape index (κ1) is 29.1. The van der Waals surface area contributed by atoms with Gasteiger partial charge >= 0.3 is 10.2 Å². The minimum absolute atomic E-state index is 0.0531. The number of rotatable bonds is 10. The standard InChI is InChI=1S/C26H34BrFN4O4S/c1-19(26(34)29-22-9-5-4-6-10-22)31(17-20-13-15-21(27)16-14-20)25(33)18-32(37(35,36)30(2)3)24-12-8-7-11-23(24)28/h7-8,11-16,19,22H,4-6,9-10,17-18H2,1-3H3,(H,29,34)/t19-/m1/s1. The Hall–Kier alpha value is -2.50. The molecule has 1 fully saturated rings. The summed E-state index contributed by atoms with van der Waals surface area (Å²) in [6.07, 6.45) is 5.01. The van der Waals surface area contributed by atoms with Gasteiger partial charge in [-0.3, -0.25) is 9.59 Å². The Kier molecular flexibility index (Phi) is 10.1. The molecule has 37 heavy (non-hydrogen) atoms. The van der Waals surface area contributed by atoms with Gasteiger partial charge in [0.05, 0.1) is 5.69 Å². The van der Waals surface area contributed by atoms with E-state index in [2.05, 4.69) is 21.2 Å². The molecule has 11 heteroatoms. The lowest BCUT2D eigenvalue weighted by atomic mass is 9.95. The van der Waals surface area contributed by atoms with E-state index in [1.807, 2.05) is 24.3 Å². The van der Waals surface area contributed by atoms with Gasteiger partial charge in [-0.05, 0) is 49.6 Å². The summed E-state index contributed by atoms with van der Waals surface area (Å²) in [4.78, 5) is 28.3. The summed E-state index contributed by atoms with van der Waals surface area (Å²) in [6, 6.07) is 11.9. The molecule has 0 aromatic heterocycles. The zero-order chi connectivity index (χ0) is 27.2. The fourth-order valence-corrected chi connectivity index (χ4v) is 5.62. The number of benzene rings is 2. The highest BCUT2D eigenvalue weighted by atomic mass is 79.9. The van der Waals surface area contributed by atoms with E-state index in [4.69, 9.17) is 0 Å². The fourth-order valence-electron chi connectivity index (χ4n) is 4.29. The highest BCUT2D eigenvalue weighted by Crippen LogP contribution is 2.24. The summed E-state index contributed by atoms with van der Waals surface area (Å²) < 4.78 is 43.5. The van der Waals surface area contributed by atoms with Gasteiger partial charge in [-0.2, -0.15) is 12.7 Å². The molecule has 1 aliphatic rings. The summed E-state index contributed by atoms with van der Waals surface area (Å²) in [7, 11) is -1.59. The van der Waals surface area contributed by atoms with Gasteiger partial charge < -0.3 is 10.2 Å². The molecule has 0 bridgehead atoms. The second-order valence-corrected chi connectivity index (χ2v) is 12.4. The molecule has 1 atom stereocenters. The number of nitrogens with one attached hydrogen (secondary N) is 1. The van der Waals surface area contributed by atoms with Crippen molar-refractivity contribution in [3.05, 3.63) is 64.4 Å². The lowest BCUT2D eigenvalue weighted by Gasteiger charge is -2.34. The lowest BCUT2D eigenvalue weighted by Crippen LogP contribution is -2.53. The van der Waals surface area contributed by atoms with Crippen LogP contribution in [0, 0.1) is 5.82 Å². The number of carbonyl (C=O) groups excluding carboxylic acids is 2. The Morgan fingerprint density at radius 1 is 1.05 bits per heavy atom. The average Bonchev–Trinajstić information content (AvgIpc) is 2.87. The van der Waals surface area contributed by atoms with Crippen molar-refractivity contribution in [2.75, 3.05) is 24.9 Å². The van der Waals surface area contributed by atoms with Crippen molar-refractivity contribution in [1.29, 1.82) is 0 Å². The zero-order valence-corrected chi connectivity index (χ0v) is 23.8. The normalized spacial score (nSPS) is 15.3. The Morgan fingerprint density at radius 2 is 1.68 bits per heavy atom. The topological polar surface area (TPSA) is 90.0 Å². The van der Waals surface area contributed by atoms with Crippen LogP contribution in [0.25, 0.3) is 0 Å². The molecule has 2 amide bonds. The quantitative estimate of drug-likeness (QED) is 0.448. The molecule has 8 nitrogen and oxygen atoms in total. The monoisotopic (exact) mass is 596 g/mol. The molecule has 0 radical (unpaired) electrons. The summed E-state index contributed by atoms with van der Waals surface area (Å²) >= 11 is 3.39. The molecule has 1 aliphatic carbocycles. The first-order chi connectivity index (χ1) is 17.5. The van der Waals surface area contributed by atoms with E-state index in [1.165, 1.54) is 37.2 Å². The Balaban J connectivity index is 1.92. The van der Waals surface area contributed by atoms with Crippen molar-refractivity contribution in [2.24, 2.45) is 0 Å². The molecule has 2 aromatic carbocycles. The third-order valence-electron chi connectivity index (χ3n) is 6.52. The maximum Gasteiger partial charge on any atom is 0.304 e. The van der Waals surface area contributed by atoms with Crippen LogP contribution in [-0.2, 0) is 26.3 Å². The van der Waals surface area contributed by atoms with E-state index < -0.39 is 34.5 Å². The first-order valence-electron chi connectivity index (χ1n) is 12.3. The van der Waals surface area contributed by atoms with E-state index in [9.17, 15) is 22.4 Å². The lowest BCUT2D eigenvalue weighted by molar-refractivity contribution is -0.139. The summed E-state index contributed by atoms with van der Waals surface area (Å²) in [6.45, 7) is 1.04. The van der Waals surface area contributed by atoms with Crippen molar-refractivity contribution in [3.8, 4) is 0 Å². The highest BCUT2D eigenvalue weighted by molar-refractivity contribution is 9.10. The van der Waals surface area contributed by atoms with Crippen molar-refractivity contribution < 1.29 is 22.4 Å². The average molecular weight is 598 g/mol. The number of halogens is 2. The summed E-state index contributed by atoms with van der Waals surface area (Å²) in [5.74, 6) is -1.70. The number of nitrogens with zero attached hydrogens (tertiary/aromatic N) is 3. The molecule has 1 N–H and O–H groups in total. The molecule has 0 saturated heterocycles. The predicted molar refractivity (Wildman–Crippen MR) is 146 cm³/mol. The van der Waals surface area contributed by atoms with Gasteiger partial charge in [-0.1, -0.05) is 59.5 Å². The number of hydrogen-bond acceptors (Lipinski definition) is 4.